The van der Waals surface area contributed by atoms with Crippen molar-refractivity contribution in [3.05, 3.63) is 48.0 Å². The van der Waals surface area contributed by atoms with Crippen molar-refractivity contribution in [3.63, 3.8) is 0 Å². The Morgan fingerprint density at radius 1 is 1.67 bits per heavy atom. The van der Waals surface area contributed by atoms with Crippen LogP contribution in [0.5, 0.6) is 0 Å². The van der Waals surface area contributed by atoms with Crippen LogP contribution in [-0.4, -0.2) is 31.1 Å². The maximum absolute atomic E-state index is 11.5. The number of benzene rings is 1. The highest BCUT2D eigenvalue weighted by Gasteiger charge is 2.20. The number of methoxy groups -OCH3 is 1. The lowest BCUT2D eigenvalue weighted by Gasteiger charge is -2.23. The molecule has 4 heteroatoms. The number of hydrogen-bond donors (Lipinski definition) is 0. The molecule has 0 aliphatic heterocycles. The summed E-state index contributed by atoms with van der Waals surface area (Å²) in [4.78, 5) is 13.3. The quantitative estimate of drug-likeness (QED) is 0.584. The van der Waals surface area contributed by atoms with E-state index in [1.165, 1.54) is 7.11 Å². The molecule has 0 bridgehead atoms. The molecule has 18 heavy (non-hydrogen) atoms. The Balaban J connectivity index is 2.79. The van der Waals surface area contributed by atoms with Gasteiger partial charge in [0.2, 0.25) is 0 Å². The summed E-state index contributed by atoms with van der Waals surface area (Å²) in [5.74, 6) is -0.344. The monoisotopic (exact) mass is 244 g/mol. The van der Waals surface area contributed by atoms with Crippen LogP contribution in [0, 0.1) is 11.3 Å². The van der Waals surface area contributed by atoms with Gasteiger partial charge in [0.1, 0.15) is 6.04 Å². The average Bonchev–Trinajstić information content (AvgIpc) is 2.39. The number of esters is 1. The summed E-state index contributed by atoms with van der Waals surface area (Å²) < 4.78 is 4.70. The smallest absolute Gasteiger partial charge is 0.327 e. The van der Waals surface area contributed by atoms with Gasteiger partial charge in [0.05, 0.1) is 18.7 Å². The van der Waals surface area contributed by atoms with E-state index in [-0.39, 0.29) is 5.97 Å². The van der Waals surface area contributed by atoms with E-state index in [0.717, 1.165) is 5.56 Å². The molecule has 0 N–H and O–H groups in total. The number of hydrogen-bond acceptors (Lipinski definition) is 4. The lowest BCUT2D eigenvalue weighted by molar-refractivity contribution is -0.144. The van der Waals surface area contributed by atoms with Gasteiger partial charge < -0.3 is 4.74 Å². The molecule has 4 nitrogen and oxygen atoms in total. The maximum Gasteiger partial charge on any atom is 0.327 e. The van der Waals surface area contributed by atoms with Gasteiger partial charge in [0, 0.05) is 6.54 Å². The van der Waals surface area contributed by atoms with Crippen LogP contribution < -0.4 is 0 Å². The summed E-state index contributed by atoms with van der Waals surface area (Å²) in [6, 6.07) is 8.88. The van der Waals surface area contributed by atoms with Crippen molar-refractivity contribution in [1.82, 2.24) is 4.90 Å². The normalized spacial score (nSPS) is 11.7. The fourth-order valence-electron chi connectivity index (χ4n) is 1.70. The molecule has 0 amide bonds. The molecule has 0 aliphatic carbocycles. The first kappa shape index (κ1) is 13.9. The van der Waals surface area contributed by atoms with E-state index in [0.29, 0.717) is 12.1 Å². The molecule has 0 saturated heterocycles. The van der Waals surface area contributed by atoms with Crippen LogP contribution >= 0.6 is 0 Å². The zero-order valence-corrected chi connectivity index (χ0v) is 10.6. The minimum absolute atomic E-state index is 0.344. The molecular formula is C14H16N2O2. The van der Waals surface area contributed by atoms with E-state index in [1.54, 1.807) is 18.2 Å². The third kappa shape index (κ3) is 3.44. The molecule has 0 fully saturated rings. The first-order chi connectivity index (χ1) is 8.62. The molecule has 0 heterocycles. The van der Waals surface area contributed by atoms with Gasteiger partial charge in [-0.05, 0) is 24.7 Å². The van der Waals surface area contributed by atoms with Crippen LogP contribution in [0.15, 0.2) is 36.9 Å². The van der Waals surface area contributed by atoms with Crippen LogP contribution in [0.1, 0.15) is 11.1 Å². The Hall–Kier alpha value is -2.12. The minimum Gasteiger partial charge on any atom is -0.468 e. The van der Waals surface area contributed by atoms with Crippen molar-refractivity contribution >= 4 is 5.97 Å². The molecule has 0 radical (unpaired) electrons. The van der Waals surface area contributed by atoms with E-state index >= 15 is 0 Å². The van der Waals surface area contributed by atoms with Crippen molar-refractivity contribution in [2.24, 2.45) is 0 Å². The Morgan fingerprint density at radius 2 is 2.39 bits per heavy atom. The molecular weight excluding hydrogens is 228 g/mol. The number of ether oxygens (including phenoxy) is 1. The molecule has 1 aromatic carbocycles. The maximum atomic E-state index is 11.5. The van der Waals surface area contributed by atoms with Crippen molar-refractivity contribution in [2.45, 2.75) is 12.6 Å². The number of nitrogens with zero attached hydrogens (tertiary/aromatic N) is 2. The summed E-state index contributed by atoms with van der Waals surface area (Å²) in [6.45, 7) is 4.17. The van der Waals surface area contributed by atoms with E-state index < -0.39 is 6.04 Å². The molecule has 1 unspecified atom stereocenters. The van der Waals surface area contributed by atoms with Gasteiger partial charge in [-0.1, -0.05) is 18.2 Å². The Morgan fingerprint density at radius 3 is 2.94 bits per heavy atom. The van der Waals surface area contributed by atoms with Gasteiger partial charge >= 0.3 is 5.97 Å². The van der Waals surface area contributed by atoms with E-state index in [2.05, 4.69) is 12.6 Å². The molecule has 0 aromatic heterocycles. The standard InChI is InChI=1S/C14H16N2O2/c1-4-13(14(17)18-3)16(2)10-12-7-5-6-11(8-12)9-15/h4-8,13H,1,10H2,2-3H3. The van der Waals surface area contributed by atoms with E-state index in [1.807, 2.05) is 24.1 Å². The lowest BCUT2D eigenvalue weighted by Crippen LogP contribution is -2.37. The Labute approximate surface area is 107 Å². The third-order valence-corrected chi connectivity index (χ3v) is 2.63. The lowest BCUT2D eigenvalue weighted by atomic mass is 10.1. The predicted molar refractivity (Wildman–Crippen MR) is 68.6 cm³/mol. The minimum atomic E-state index is -0.485. The highest BCUT2D eigenvalue weighted by Crippen LogP contribution is 2.10. The van der Waals surface area contributed by atoms with E-state index in [9.17, 15) is 4.79 Å². The van der Waals surface area contributed by atoms with Gasteiger partial charge in [-0.25, -0.2) is 0 Å². The van der Waals surface area contributed by atoms with Crippen LogP contribution in [-0.2, 0) is 16.1 Å². The highest BCUT2D eigenvalue weighted by atomic mass is 16.5. The molecule has 94 valence electrons. The van der Waals surface area contributed by atoms with Gasteiger partial charge in [-0.2, -0.15) is 5.26 Å². The molecule has 0 saturated carbocycles. The van der Waals surface area contributed by atoms with Crippen LogP contribution in [0.4, 0.5) is 0 Å². The van der Waals surface area contributed by atoms with Crippen molar-refractivity contribution in [2.75, 3.05) is 14.2 Å². The molecule has 0 aliphatic rings. The zero-order chi connectivity index (χ0) is 13.5. The van der Waals surface area contributed by atoms with Crippen molar-refractivity contribution in [1.29, 1.82) is 5.26 Å². The third-order valence-electron chi connectivity index (χ3n) is 2.63. The van der Waals surface area contributed by atoms with Crippen LogP contribution in [0.2, 0.25) is 0 Å². The van der Waals surface area contributed by atoms with Crippen LogP contribution in [0.3, 0.4) is 0 Å². The molecule has 1 rings (SSSR count). The molecule has 0 spiro atoms. The SMILES string of the molecule is C=CC(C(=O)OC)N(C)Cc1cccc(C#N)c1. The van der Waals surface area contributed by atoms with E-state index in [4.69, 9.17) is 10.00 Å². The van der Waals surface area contributed by atoms with Crippen LogP contribution in [0.25, 0.3) is 0 Å². The summed E-state index contributed by atoms with van der Waals surface area (Å²) in [6.07, 6.45) is 1.54. The van der Waals surface area contributed by atoms with Crippen molar-refractivity contribution in [3.8, 4) is 6.07 Å². The summed E-state index contributed by atoms with van der Waals surface area (Å²) in [5.41, 5.74) is 1.57. The van der Waals surface area contributed by atoms with Gasteiger partial charge in [-0.3, -0.25) is 9.69 Å². The summed E-state index contributed by atoms with van der Waals surface area (Å²) >= 11 is 0. The average molecular weight is 244 g/mol. The number of rotatable bonds is 5. The van der Waals surface area contributed by atoms with Crippen molar-refractivity contribution < 1.29 is 9.53 Å². The number of carbonyl (C=O) groups is 1. The first-order valence-corrected chi connectivity index (χ1v) is 5.52. The number of likely N-dealkylation sites (N-methyl/N-ethyl adjacent to an activating group) is 1. The highest BCUT2D eigenvalue weighted by molar-refractivity contribution is 5.77. The van der Waals surface area contributed by atoms with Gasteiger partial charge in [0.15, 0.2) is 0 Å². The zero-order valence-electron chi connectivity index (χ0n) is 10.6. The summed E-state index contributed by atoms with van der Waals surface area (Å²) in [5, 5.41) is 8.82. The number of carbonyl (C=O) groups excluding carboxylic acids is 1. The Bertz CT molecular complexity index is 477. The predicted octanol–water partition coefficient (Wildman–Crippen LogP) is 1.72. The number of nitriles is 1. The topological polar surface area (TPSA) is 53.3 Å². The summed E-state index contributed by atoms with van der Waals surface area (Å²) in [7, 11) is 3.16. The molecule has 1 atom stereocenters. The second-order valence-corrected chi connectivity index (χ2v) is 3.93. The second-order valence-electron chi connectivity index (χ2n) is 3.93. The fourth-order valence-corrected chi connectivity index (χ4v) is 1.70. The fraction of sp³-hybridized carbons (Fsp3) is 0.286. The Kier molecular flexibility index (Phi) is 5.09. The van der Waals surface area contributed by atoms with Gasteiger partial charge in [0.25, 0.3) is 0 Å². The van der Waals surface area contributed by atoms with Gasteiger partial charge in [-0.15, -0.1) is 6.58 Å². The second kappa shape index (κ2) is 6.58. The molecule has 1 aromatic rings. The first-order valence-electron chi connectivity index (χ1n) is 5.52. The largest absolute Gasteiger partial charge is 0.468 e.